The molecule has 0 atom stereocenters. The van der Waals surface area contributed by atoms with Gasteiger partial charge in [-0.1, -0.05) is 7.43 Å². The number of methoxy groups -OCH3 is 2. The van der Waals surface area contributed by atoms with Gasteiger partial charge in [0.15, 0.2) is 0 Å². The maximum Gasteiger partial charge on any atom is 0.337 e. The molecule has 1 aromatic rings. The van der Waals surface area contributed by atoms with Crippen LogP contribution in [0.5, 0.6) is 5.75 Å². The summed E-state index contributed by atoms with van der Waals surface area (Å²) in [7, 11) is 2.96. The Bertz CT molecular complexity index is 318. The lowest BCUT2D eigenvalue weighted by atomic mass is 10.1. The van der Waals surface area contributed by atoms with Crippen molar-refractivity contribution in [3.8, 4) is 5.75 Å². The maximum atomic E-state index is 11.1. The van der Waals surface area contributed by atoms with Crippen molar-refractivity contribution in [2.45, 2.75) is 14.4 Å². The summed E-state index contributed by atoms with van der Waals surface area (Å²) in [5.41, 5.74) is 1.46. The maximum absolute atomic E-state index is 11.1. The van der Waals surface area contributed by atoms with Crippen molar-refractivity contribution in [3.63, 3.8) is 0 Å². The smallest absolute Gasteiger partial charge is 0.337 e. The van der Waals surface area contributed by atoms with E-state index in [1.165, 1.54) is 7.11 Å². The summed E-state index contributed by atoms with van der Waals surface area (Å²) in [6.07, 6.45) is 0. The molecular formula is C11H16O3. The lowest BCUT2D eigenvalue weighted by molar-refractivity contribution is 0.0600. The molecule has 0 aromatic heterocycles. The predicted molar refractivity (Wildman–Crippen MR) is 55.8 cm³/mol. The molecule has 0 saturated carbocycles. The molecule has 0 bridgehead atoms. The molecular weight excluding hydrogens is 180 g/mol. The molecule has 0 spiro atoms. The first-order valence-electron chi connectivity index (χ1n) is 3.92. The summed E-state index contributed by atoms with van der Waals surface area (Å²) >= 11 is 0. The largest absolute Gasteiger partial charge is 0.496 e. The van der Waals surface area contributed by atoms with Crippen LogP contribution in [-0.4, -0.2) is 20.2 Å². The molecule has 0 aliphatic rings. The summed E-state index contributed by atoms with van der Waals surface area (Å²) in [5, 5.41) is 0. The lowest BCUT2D eigenvalue weighted by Gasteiger charge is -2.05. The minimum atomic E-state index is -0.328. The molecule has 3 nitrogen and oxygen atoms in total. The number of hydrogen-bond acceptors (Lipinski definition) is 3. The van der Waals surface area contributed by atoms with Crippen LogP contribution < -0.4 is 4.74 Å². The molecule has 1 rings (SSSR count). The third-order valence-corrected chi connectivity index (χ3v) is 1.82. The summed E-state index contributed by atoms with van der Waals surface area (Å²) in [5.74, 6) is 0.443. The highest BCUT2D eigenvalue weighted by Crippen LogP contribution is 2.18. The Hall–Kier alpha value is -1.51. The molecule has 0 amide bonds. The van der Waals surface area contributed by atoms with Crippen molar-refractivity contribution >= 4 is 5.97 Å². The summed E-state index contributed by atoms with van der Waals surface area (Å²) in [6.45, 7) is 1.88. The van der Waals surface area contributed by atoms with Gasteiger partial charge < -0.3 is 9.47 Å². The first-order valence-corrected chi connectivity index (χ1v) is 3.92. The number of aryl methyl sites for hydroxylation is 1. The van der Waals surface area contributed by atoms with Gasteiger partial charge >= 0.3 is 5.97 Å². The number of esters is 1. The van der Waals surface area contributed by atoms with Crippen LogP contribution in [0.25, 0.3) is 0 Å². The quantitative estimate of drug-likeness (QED) is 0.681. The standard InChI is InChI=1S/C10H12O3.CH4/c1-7-6-8(10(11)13-3)4-5-9(7)12-2;/h4-6H,1-3H3;1H4. The van der Waals surface area contributed by atoms with Crippen LogP contribution in [-0.2, 0) is 4.74 Å². The monoisotopic (exact) mass is 196 g/mol. The van der Waals surface area contributed by atoms with Crippen molar-refractivity contribution in [1.82, 2.24) is 0 Å². The zero-order valence-electron chi connectivity index (χ0n) is 7.96. The Kier molecular flexibility index (Phi) is 4.70. The molecule has 0 saturated heterocycles. The molecule has 3 heteroatoms. The SMILES string of the molecule is C.COC(=O)c1ccc(OC)c(C)c1. The Morgan fingerprint density at radius 2 is 1.93 bits per heavy atom. The van der Waals surface area contributed by atoms with Crippen molar-refractivity contribution in [1.29, 1.82) is 0 Å². The van der Waals surface area contributed by atoms with Crippen molar-refractivity contribution < 1.29 is 14.3 Å². The van der Waals surface area contributed by atoms with Crippen LogP contribution in [0.15, 0.2) is 18.2 Å². The van der Waals surface area contributed by atoms with Gasteiger partial charge in [-0.3, -0.25) is 0 Å². The number of benzene rings is 1. The Morgan fingerprint density at radius 1 is 1.29 bits per heavy atom. The first-order chi connectivity index (χ1) is 6.19. The fourth-order valence-electron chi connectivity index (χ4n) is 1.12. The minimum Gasteiger partial charge on any atom is -0.496 e. The average Bonchev–Trinajstić information content (AvgIpc) is 2.16. The van der Waals surface area contributed by atoms with E-state index in [2.05, 4.69) is 4.74 Å². The van der Waals surface area contributed by atoms with Crippen LogP contribution in [0.1, 0.15) is 23.3 Å². The third-order valence-electron chi connectivity index (χ3n) is 1.82. The van der Waals surface area contributed by atoms with Gasteiger partial charge in [0.1, 0.15) is 5.75 Å². The third kappa shape index (κ3) is 2.49. The van der Waals surface area contributed by atoms with Gasteiger partial charge in [-0.2, -0.15) is 0 Å². The van der Waals surface area contributed by atoms with Crippen molar-refractivity contribution in [2.24, 2.45) is 0 Å². The van der Waals surface area contributed by atoms with Crippen molar-refractivity contribution in [2.75, 3.05) is 14.2 Å². The van der Waals surface area contributed by atoms with Crippen LogP contribution in [0.2, 0.25) is 0 Å². The van der Waals surface area contributed by atoms with E-state index in [1.807, 2.05) is 6.92 Å². The van der Waals surface area contributed by atoms with Gasteiger partial charge in [0, 0.05) is 0 Å². The number of hydrogen-bond donors (Lipinski definition) is 0. The highest BCUT2D eigenvalue weighted by atomic mass is 16.5. The lowest BCUT2D eigenvalue weighted by Crippen LogP contribution is -2.01. The molecule has 0 N–H and O–H groups in total. The second-order valence-electron chi connectivity index (χ2n) is 2.68. The molecule has 14 heavy (non-hydrogen) atoms. The van der Waals surface area contributed by atoms with E-state index in [1.54, 1.807) is 25.3 Å². The Morgan fingerprint density at radius 3 is 2.36 bits per heavy atom. The van der Waals surface area contributed by atoms with Gasteiger partial charge in [-0.15, -0.1) is 0 Å². The van der Waals surface area contributed by atoms with Crippen molar-refractivity contribution in [3.05, 3.63) is 29.3 Å². The van der Waals surface area contributed by atoms with Crippen LogP contribution in [0.3, 0.4) is 0 Å². The molecule has 0 aliphatic heterocycles. The Balaban J connectivity index is 0.00000169. The molecule has 0 heterocycles. The summed E-state index contributed by atoms with van der Waals surface area (Å²) < 4.78 is 9.65. The summed E-state index contributed by atoms with van der Waals surface area (Å²) in [4.78, 5) is 11.1. The van der Waals surface area contributed by atoms with Gasteiger partial charge in [0.05, 0.1) is 19.8 Å². The normalized spacial score (nSPS) is 8.79. The van der Waals surface area contributed by atoms with Crippen LogP contribution >= 0.6 is 0 Å². The minimum absolute atomic E-state index is 0. The van der Waals surface area contributed by atoms with E-state index < -0.39 is 0 Å². The number of ether oxygens (including phenoxy) is 2. The van der Waals surface area contributed by atoms with Gasteiger partial charge in [-0.05, 0) is 30.7 Å². The number of rotatable bonds is 2. The van der Waals surface area contributed by atoms with E-state index in [0.29, 0.717) is 5.56 Å². The predicted octanol–water partition coefficient (Wildman–Crippen LogP) is 2.43. The van der Waals surface area contributed by atoms with Gasteiger partial charge in [0.25, 0.3) is 0 Å². The topological polar surface area (TPSA) is 35.5 Å². The fourth-order valence-corrected chi connectivity index (χ4v) is 1.12. The molecule has 0 aliphatic carbocycles. The Labute approximate surface area is 84.7 Å². The highest BCUT2D eigenvalue weighted by molar-refractivity contribution is 5.89. The number of carbonyl (C=O) groups excluding carboxylic acids is 1. The molecule has 1 aromatic carbocycles. The first kappa shape index (κ1) is 12.5. The number of carbonyl (C=O) groups is 1. The van der Waals surface area contributed by atoms with Crippen LogP contribution in [0, 0.1) is 6.92 Å². The molecule has 0 fully saturated rings. The molecule has 0 unspecified atom stereocenters. The van der Waals surface area contributed by atoms with Crippen LogP contribution in [0.4, 0.5) is 0 Å². The van der Waals surface area contributed by atoms with Gasteiger partial charge in [-0.25, -0.2) is 4.79 Å². The van der Waals surface area contributed by atoms with E-state index in [9.17, 15) is 4.79 Å². The van der Waals surface area contributed by atoms with E-state index in [4.69, 9.17) is 4.74 Å². The second kappa shape index (κ2) is 5.27. The molecule has 0 radical (unpaired) electrons. The zero-order chi connectivity index (χ0) is 9.84. The fraction of sp³-hybridized carbons (Fsp3) is 0.364. The second-order valence-corrected chi connectivity index (χ2v) is 2.68. The average molecular weight is 196 g/mol. The van der Waals surface area contributed by atoms with E-state index in [0.717, 1.165) is 11.3 Å². The highest BCUT2D eigenvalue weighted by Gasteiger charge is 2.06. The van der Waals surface area contributed by atoms with E-state index in [-0.39, 0.29) is 13.4 Å². The zero-order valence-corrected chi connectivity index (χ0v) is 7.96. The molecule has 78 valence electrons. The van der Waals surface area contributed by atoms with E-state index >= 15 is 0 Å². The van der Waals surface area contributed by atoms with Gasteiger partial charge in [0.2, 0.25) is 0 Å². The summed E-state index contributed by atoms with van der Waals surface area (Å²) in [6, 6.07) is 5.17.